The number of benzene rings is 1. The van der Waals surface area contributed by atoms with Gasteiger partial charge in [-0.3, -0.25) is 4.68 Å². The first-order valence-corrected chi connectivity index (χ1v) is 9.68. The highest BCUT2D eigenvalue weighted by Crippen LogP contribution is 2.35. The number of sulfonamides is 1. The molecule has 3 rings (SSSR count). The van der Waals surface area contributed by atoms with Crippen molar-refractivity contribution < 1.29 is 30.4 Å². The molecule has 1 aliphatic rings. The van der Waals surface area contributed by atoms with Crippen LogP contribution in [0.15, 0.2) is 23.1 Å². The average molecular weight is 409 g/mol. The number of halogens is 5. The Kier molecular flexibility index (Phi) is 5.26. The van der Waals surface area contributed by atoms with Crippen molar-refractivity contribution in [2.24, 2.45) is 0 Å². The minimum atomic E-state index is -4.58. The third kappa shape index (κ3) is 4.29. The molecule has 1 heterocycles. The van der Waals surface area contributed by atoms with Crippen molar-refractivity contribution in [2.75, 3.05) is 6.54 Å². The summed E-state index contributed by atoms with van der Waals surface area (Å²) in [5.41, 5.74) is -0.333. The van der Waals surface area contributed by atoms with Gasteiger partial charge in [0.25, 0.3) is 0 Å². The van der Waals surface area contributed by atoms with E-state index in [0.29, 0.717) is 36.7 Å². The van der Waals surface area contributed by atoms with Crippen molar-refractivity contribution in [3.05, 3.63) is 46.8 Å². The first-order chi connectivity index (χ1) is 12.6. The molecule has 27 heavy (non-hydrogen) atoms. The Hall–Kier alpha value is -2.01. The highest BCUT2D eigenvalue weighted by molar-refractivity contribution is 7.89. The van der Waals surface area contributed by atoms with E-state index in [1.165, 1.54) is 0 Å². The molecule has 0 radical (unpaired) electrons. The largest absolute Gasteiger partial charge is 0.435 e. The lowest BCUT2D eigenvalue weighted by Crippen LogP contribution is -2.28. The molecule has 2 aromatic rings. The summed E-state index contributed by atoms with van der Waals surface area (Å²) >= 11 is 0. The maximum absolute atomic E-state index is 13.2. The van der Waals surface area contributed by atoms with Gasteiger partial charge in [-0.25, -0.2) is 21.9 Å². The maximum atomic E-state index is 13.2. The number of rotatable bonds is 5. The van der Waals surface area contributed by atoms with Gasteiger partial charge >= 0.3 is 6.18 Å². The summed E-state index contributed by atoms with van der Waals surface area (Å²) in [5, 5.41) is 3.62. The molecule has 0 aliphatic heterocycles. The van der Waals surface area contributed by atoms with Crippen molar-refractivity contribution in [2.45, 2.75) is 43.3 Å². The van der Waals surface area contributed by atoms with Crippen LogP contribution >= 0.6 is 0 Å². The van der Waals surface area contributed by atoms with E-state index in [0.717, 1.165) is 11.1 Å². The number of aromatic nitrogens is 2. The highest BCUT2D eigenvalue weighted by Gasteiger charge is 2.39. The molecular formula is C16H16F5N3O2S. The molecule has 0 amide bonds. The molecule has 1 aromatic carbocycles. The van der Waals surface area contributed by atoms with Crippen molar-refractivity contribution >= 4 is 10.0 Å². The van der Waals surface area contributed by atoms with Crippen molar-refractivity contribution in [3.63, 3.8) is 0 Å². The SMILES string of the molecule is O=S(=O)(NCCn1nc(C(F)(F)F)c2c1CCCC2)c1cc(F)cc(F)c1. The van der Waals surface area contributed by atoms with Crippen LogP contribution in [0.1, 0.15) is 29.8 Å². The van der Waals surface area contributed by atoms with E-state index in [4.69, 9.17) is 0 Å². The Morgan fingerprint density at radius 3 is 2.33 bits per heavy atom. The van der Waals surface area contributed by atoms with Gasteiger partial charge in [-0.15, -0.1) is 0 Å². The van der Waals surface area contributed by atoms with Crippen LogP contribution in [-0.2, 0) is 35.6 Å². The Morgan fingerprint density at radius 2 is 1.70 bits per heavy atom. The van der Waals surface area contributed by atoms with Crippen LogP contribution in [0, 0.1) is 11.6 Å². The maximum Gasteiger partial charge on any atom is 0.435 e. The summed E-state index contributed by atoms with van der Waals surface area (Å²) in [7, 11) is -4.21. The van der Waals surface area contributed by atoms with Crippen LogP contribution in [-0.4, -0.2) is 24.7 Å². The van der Waals surface area contributed by atoms with Gasteiger partial charge in [0.15, 0.2) is 5.69 Å². The quantitative estimate of drug-likeness (QED) is 0.773. The third-order valence-corrected chi connectivity index (χ3v) is 5.73. The van der Waals surface area contributed by atoms with E-state index in [1.54, 1.807) is 0 Å². The molecule has 0 spiro atoms. The zero-order valence-corrected chi connectivity index (χ0v) is 14.8. The van der Waals surface area contributed by atoms with Crippen molar-refractivity contribution in [1.29, 1.82) is 0 Å². The van der Waals surface area contributed by atoms with Crippen LogP contribution in [0.25, 0.3) is 0 Å². The summed E-state index contributed by atoms with van der Waals surface area (Å²) < 4.78 is 93.3. The number of alkyl halides is 3. The number of hydrogen-bond donors (Lipinski definition) is 1. The number of nitrogens with zero attached hydrogens (tertiary/aromatic N) is 2. The first kappa shape index (κ1) is 19.7. The zero-order valence-electron chi connectivity index (χ0n) is 14.0. The highest BCUT2D eigenvalue weighted by atomic mass is 32.2. The second-order valence-corrected chi connectivity index (χ2v) is 7.97. The standard InChI is InChI=1S/C16H16F5N3O2S/c17-10-7-11(18)9-12(8-10)27(25,26)22-5-6-24-14-4-2-1-3-13(14)15(23-24)16(19,20)21/h7-9,22H,1-6H2. The molecule has 5 nitrogen and oxygen atoms in total. The lowest BCUT2D eigenvalue weighted by Gasteiger charge is -2.15. The lowest BCUT2D eigenvalue weighted by atomic mass is 9.95. The Labute approximate surface area is 152 Å². The summed E-state index contributed by atoms with van der Waals surface area (Å²) in [6.07, 6.45) is -2.51. The van der Waals surface area contributed by atoms with Gasteiger partial charge < -0.3 is 0 Å². The fraction of sp³-hybridized carbons (Fsp3) is 0.438. The Balaban J connectivity index is 1.76. The average Bonchev–Trinajstić information content (AvgIpc) is 2.93. The molecule has 0 saturated heterocycles. The molecule has 0 saturated carbocycles. The molecular weight excluding hydrogens is 393 g/mol. The van der Waals surface area contributed by atoms with E-state index < -0.39 is 38.4 Å². The van der Waals surface area contributed by atoms with Gasteiger partial charge in [0.2, 0.25) is 10.0 Å². The van der Waals surface area contributed by atoms with E-state index in [1.807, 2.05) is 0 Å². The molecule has 0 unspecified atom stereocenters. The van der Waals surface area contributed by atoms with Gasteiger partial charge in [0.1, 0.15) is 11.6 Å². The molecule has 0 atom stereocenters. The van der Waals surface area contributed by atoms with E-state index >= 15 is 0 Å². The fourth-order valence-corrected chi connectivity index (χ4v) is 4.20. The first-order valence-electron chi connectivity index (χ1n) is 8.19. The number of hydrogen-bond acceptors (Lipinski definition) is 3. The van der Waals surface area contributed by atoms with Gasteiger partial charge in [-0.2, -0.15) is 18.3 Å². The van der Waals surface area contributed by atoms with Crippen LogP contribution in [0.3, 0.4) is 0 Å². The lowest BCUT2D eigenvalue weighted by molar-refractivity contribution is -0.142. The monoisotopic (exact) mass is 409 g/mol. The summed E-state index contributed by atoms with van der Waals surface area (Å²) in [6.45, 7) is -0.401. The van der Waals surface area contributed by atoms with Gasteiger partial charge in [-0.05, 0) is 37.8 Å². The van der Waals surface area contributed by atoms with Gasteiger partial charge in [0.05, 0.1) is 11.4 Å². The molecule has 0 fully saturated rings. The topological polar surface area (TPSA) is 64.0 Å². The molecule has 1 aromatic heterocycles. The molecule has 0 bridgehead atoms. The molecule has 1 N–H and O–H groups in total. The zero-order chi connectivity index (χ0) is 19.8. The van der Waals surface area contributed by atoms with Crippen LogP contribution in [0.4, 0.5) is 22.0 Å². The number of nitrogens with one attached hydrogen (secondary N) is 1. The summed E-state index contributed by atoms with van der Waals surface area (Å²) in [4.78, 5) is -0.599. The second kappa shape index (κ2) is 7.19. The third-order valence-electron chi connectivity index (χ3n) is 4.29. The fourth-order valence-electron chi connectivity index (χ4n) is 3.14. The van der Waals surface area contributed by atoms with Crippen molar-refractivity contribution in [1.82, 2.24) is 14.5 Å². The van der Waals surface area contributed by atoms with Gasteiger partial charge in [-0.1, -0.05) is 0 Å². The molecule has 148 valence electrons. The minimum absolute atomic E-state index is 0.130. The molecule has 1 aliphatic carbocycles. The molecule has 11 heteroatoms. The van der Waals surface area contributed by atoms with Gasteiger partial charge in [0, 0.05) is 23.9 Å². The van der Waals surface area contributed by atoms with Crippen LogP contribution in [0.2, 0.25) is 0 Å². The Bertz CT molecular complexity index is 933. The second-order valence-electron chi connectivity index (χ2n) is 6.20. The predicted molar refractivity (Wildman–Crippen MR) is 85.4 cm³/mol. The normalized spacial score (nSPS) is 15.0. The van der Waals surface area contributed by atoms with Crippen LogP contribution < -0.4 is 4.72 Å². The minimum Gasteiger partial charge on any atom is -0.267 e. The smallest absolute Gasteiger partial charge is 0.267 e. The van der Waals surface area contributed by atoms with E-state index in [-0.39, 0.29) is 25.1 Å². The van der Waals surface area contributed by atoms with E-state index in [9.17, 15) is 30.4 Å². The summed E-state index contributed by atoms with van der Waals surface area (Å²) in [6, 6.07) is 1.85. The van der Waals surface area contributed by atoms with Crippen molar-refractivity contribution in [3.8, 4) is 0 Å². The van der Waals surface area contributed by atoms with E-state index in [2.05, 4.69) is 9.82 Å². The summed E-state index contributed by atoms with van der Waals surface area (Å²) in [5.74, 6) is -2.10. The Morgan fingerprint density at radius 1 is 1.07 bits per heavy atom. The van der Waals surface area contributed by atoms with Crippen LogP contribution in [0.5, 0.6) is 0 Å². The predicted octanol–water partition coefficient (Wildman–Crippen LogP) is 3.04. The number of fused-ring (bicyclic) bond motifs is 1.